The first-order chi connectivity index (χ1) is 12.4. The van der Waals surface area contributed by atoms with Crippen molar-refractivity contribution < 1.29 is 14.4 Å². The highest BCUT2D eigenvalue weighted by atomic mass is 16.2. The van der Waals surface area contributed by atoms with Crippen LogP contribution in [0.5, 0.6) is 0 Å². The van der Waals surface area contributed by atoms with Crippen LogP contribution >= 0.6 is 0 Å². The van der Waals surface area contributed by atoms with Gasteiger partial charge in [-0.3, -0.25) is 19.1 Å². The highest BCUT2D eigenvalue weighted by Gasteiger charge is 2.30. The predicted molar refractivity (Wildman–Crippen MR) is 98.5 cm³/mol. The van der Waals surface area contributed by atoms with E-state index < -0.39 is 11.9 Å². The Balaban J connectivity index is 1.99. The Hall–Kier alpha value is -2.90. The first-order valence-electron chi connectivity index (χ1n) is 8.53. The molecule has 1 saturated carbocycles. The van der Waals surface area contributed by atoms with Crippen molar-refractivity contribution in [2.45, 2.75) is 25.8 Å². The number of aryl methyl sites for hydroxylation is 1. The molecule has 0 saturated heterocycles. The van der Waals surface area contributed by atoms with E-state index in [2.05, 4.69) is 28.9 Å². The second-order valence-electron chi connectivity index (χ2n) is 6.32. The molecular formula is C18H25N5O3. The average molecular weight is 359 g/mol. The van der Waals surface area contributed by atoms with Crippen molar-refractivity contribution in [2.24, 2.45) is 13.0 Å². The van der Waals surface area contributed by atoms with E-state index in [1.54, 1.807) is 26.1 Å². The first-order valence-corrected chi connectivity index (χ1v) is 8.53. The first kappa shape index (κ1) is 19.4. The van der Waals surface area contributed by atoms with Crippen molar-refractivity contribution in [1.29, 1.82) is 0 Å². The highest BCUT2D eigenvalue weighted by molar-refractivity contribution is 5.98. The Kier molecular flexibility index (Phi) is 6.32. The number of amides is 3. The molecule has 0 radical (unpaired) electrons. The minimum absolute atomic E-state index is 0.0560. The lowest BCUT2D eigenvalue weighted by atomic mass is 10.2. The van der Waals surface area contributed by atoms with Gasteiger partial charge in [0.05, 0.1) is 0 Å². The largest absolute Gasteiger partial charge is 0.339 e. The van der Waals surface area contributed by atoms with Crippen LogP contribution in [-0.4, -0.2) is 51.5 Å². The summed E-state index contributed by atoms with van der Waals surface area (Å²) in [4.78, 5) is 38.2. The van der Waals surface area contributed by atoms with E-state index in [1.807, 2.05) is 0 Å². The van der Waals surface area contributed by atoms with Crippen LogP contribution in [0.2, 0.25) is 0 Å². The van der Waals surface area contributed by atoms with Crippen molar-refractivity contribution in [3.63, 3.8) is 0 Å². The lowest BCUT2D eigenvalue weighted by molar-refractivity contribution is -0.131. The molecule has 0 aromatic carbocycles. The zero-order valence-electron chi connectivity index (χ0n) is 15.2. The van der Waals surface area contributed by atoms with Gasteiger partial charge in [-0.15, -0.1) is 13.2 Å². The lowest BCUT2D eigenvalue weighted by Gasteiger charge is -2.23. The van der Waals surface area contributed by atoms with Gasteiger partial charge in [0.1, 0.15) is 11.9 Å². The average Bonchev–Trinajstić information content (AvgIpc) is 3.39. The van der Waals surface area contributed by atoms with Crippen molar-refractivity contribution in [3.05, 3.63) is 37.1 Å². The fourth-order valence-corrected chi connectivity index (χ4v) is 2.44. The molecule has 140 valence electrons. The third-order valence-corrected chi connectivity index (χ3v) is 4.04. The van der Waals surface area contributed by atoms with E-state index >= 15 is 0 Å². The second kappa shape index (κ2) is 8.46. The van der Waals surface area contributed by atoms with Crippen LogP contribution in [-0.2, 0) is 16.6 Å². The summed E-state index contributed by atoms with van der Waals surface area (Å²) in [6, 6.07) is 0.770. The summed E-state index contributed by atoms with van der Waals surface area (Å²) in [6.45, 7) is 9.59. The van der Waals surface area contributed by atoms with Gasteiger partial charge in [0.25, 0.3) is 5.91 Å². The van der Waals surface area contributed by atoms with Gasteiger partial charge in [-0.25, -0.2) is 0 Å². The van der Waals surface area contributed by atoms with Gasteiger partial charge < -0.3 is 15.5 Å². The number of hydrogen-bond acceptors (Lipinski definition) is 4. The summed E-state index contributed by atoms with van der Waals surface area (Å²) in [7, 11) is 1.64. The standard InChI is InChI=1S/C18H25N5O3/c1-5-9-23(10-6-2)18(26)12(3)19-17(25)14-11-15(22(4)21-14)20-16(24)13-7-8-13/h5-6,11-13H,1-2,7-10H2,3-4H3,(H,19,25)(H,20,24). The van der Waals surface area contributed by atoms with Gasteiger partial charge in [0.2, 0.25) is 11.8 Å². The van der Waals surface area contributed by atoms with Gasteiger partial charge >= 0.3 is 0 Å². The highest BCUT2D eigenvalue weighted by Crippen LogP contribution is 2.30. The molecular weight excluding hydrogens is 334 g/mol. The minimum Gasteiger partial charge on any atom is -0.339 e. The number of nitrogens with one attached hydrogen (secondary N) is 2. The number of aromatic nitrogens is 2. The van der Waals surface area contributed by atoms with E-state index in [0.29, 0.717) is 18.9 Å². The minimum atomic E-state index is -0.728. The number of rotatable bonds is 9. The number of carbonyl (C=O) groups is 3. The van der Waals surface area contributed by atoms with Crippen molar-refractivity contribution in [1.82, 2.24) is 20.0 Å². The summed E-state index contributed by atoms with van der Waals surface area (Å²) < 4.78 is 1.43. The van der Waals surface area contributed by atoms with Gasteiger partial charge in [-0.1, -0.05) is 12.2 Å². The quantitative estimate of drug-likeness (QED) is 0.645. The molecule has 2 rings (SSSR count). The smallest absolute Gasteiger partial charge is 0.272 e. The molecule has 0 aliphatic heterocycles. The summed E-state index contributed by atoms with van der Waals surface area (Å²) in [5, 5.41) is 9.50. The van der Waals surface area contributed by atoms with Crippen LogP contribution < -0.4 is 10.6 Å². The zero-order valence-corrected chi connectivity index (χ0v) is 15.2. The van der Waals surface area contributed by atoms with Crippen LogP contribution in [0.4, 0.5) is 5.82 Å². The van der Waals surface area contributed by atoms with Crippen molar-refractivity contribution >= 4 is 23.5 Å². The fourth-order valence-electron chi connectivity index (χ4n) is 2.44. The molecule has 1 aliphatic rings. The third kappa shape index (κ3) is 4.81. The molecule has 2 N–H and O–H groups in total. The molecule has 1 fully saturated rings. The summed E-state index contributed by atoms with van der Waals surface area (Å²) in [6.07, 6.45) is 5.01. The van der Waals surface area contributed by atoms with Crippen LogP contribution in [0.1, 0.15) is 30.3 Å². The van der Waals surface area contributed by atoms with E-state index in [0.717, 1.165) is 12.8 Å². The number of hydrogen-bond donors (Lipinski definition) is 2. The molecule has 1 aliphatic carbocycles. The van der Waals surface area contributed by atoms with Crippen LogP contribution in [0.3, 0.4) is 0 Å². The monoisotopic (exact) mass is 359 g/mol. The maximum Gasteiger partial charge on any atom is 0.272 e. The van der Waals surface area contributed by atoms with E-state index in [9.17, 15) is 14.4 Å². The zero-order chi connectivity index (χ0) is 19.3. The van der Waals surface area contributed by atoms with Crippen LogP contribution in [0, 0.1) is 5.92 Å². The van der Waals surface area contributed by atoms with E-state index in [4.69, 9.17) is 0 Å². The maximum atomic E-state index is 12.4. The number of anilines is 1. The molecule has 1 atom stereocenters. The maximum absolute atomic E-state index is 12.4. The SMILES string of the molecule is C=CCN(CC=C)C(=O)C(C)NC(=O)c1cc(NC(=O)C2CC2)n(C)n1. The molecule has 3 amide bonds. The number of nitrogens with zero attached hydrogens (tertiary/aromatic N) is 3. The van der Waals surface area contributed by atoms with Crippen LogP contribution in [0.15, 0.2) is 31.4 Å². The summed E-state index contributed by atoms with van der Waals surface area (Å²) in [5.74, 6) is -0.277. The van der Waals surface area contributed by atoms with E-state index in [1.165, 1.54) is 15.6 Å². The molecule has 1 unspecified atom stereocenters. The van der Waals surface area contributed by atoms with Gasteiger partial charge in [-0.05, 0) is 19.8 Å². The van der Waals surface area contributed by atoms with E-state index in [-0.39, 0.29) is 23.4 Å². The Morgan fingerprint density at radius 3 is 2.50 bits per heavy atom. The lowest BCUT2D eigenvalue weighted by Crippen LogP contribution is -2.47. The van der Waals surface area contributed by atoms with Crippen LogP contribution in [0.25, 0.3) is 0 Å². The summed E-state index contributed by atoms with van der Waals surface area (Å²) in [5.41, 5.74) is 0.136. The predicted octanol–water partition coefficient (Wildman–Crippen LogP) is 1.09. The normalized spacial score (nSPS) is 14.2. The van der Waals surface area contributed by atoms with Crippen molar-refractivity contribution in [3.8, 4) is 0 Å². The van der Waals surface area contributed by atoms with Gasteiger partial charge in [0, 0.05) is 32.1 Å². The third-order valence-electron chi connectivity index (χ3n) is 4.04. The molecule has 1 heterocycles. The molecule has 8 heteroatoms. The number of carbonyl (C=O) groups excluding carboxylic acids is 3. The molecule has 1 aromatic rings. The Morgan fingerprint density at radius 1 is 1.35 bits per heavy atom. The van der Waals surface area contributed by atoms with Gasteiger partial charge in [0.15, 0.2) is 5.69 Å². The molecule has 26 heavy (non-hydrogen) atoms. The van der Waals surface area contributed by atoms with Crippen molar-refractivity contribution in [2.75, 3.05) is 18.4 Å². The molecule has 0 spiro atoms. The molecule has 8 nitrogen and oxygen atoms in total. The molecule has 0 bridgehead atoms. The molecule has 1 aromatic heterocycles. The van der Waals surface area contributed by atoms with Gasteiger partial charge in [-0.2, -0.15) is 5.10 Å². The topological polar surface area (TPSA) is 96.3 Å². The Bertz CT molecular complexity index is 710. The summed E-state index contributed by atoms with van der Waals surface area (Å²) >= 11 is 0. The second-order valence-corrected chi connectivity index (χ2v) is 6.32. The Morgan fingerprint density at radius 2 is 1.96 bits per heavy atom. The fraction of sp³-hybridized carbons (Fsp3) is 0.444. The Labute approximate surface area is 152 Å².